The Hall–Kier alpha value is -4.59. The molecule has 0 aliphatic carbocycles. The lowest BCUT2D eigenvalue weighted by Crippen LogP contribution is -2.26. The van der Waals surface area contributed by atoms with Crippen molar-refractivity contribution in [2.24, 2.45) is 5.10 Å². The van der Waals surface area contributed by atoms with E-state index in [1.807, 2.05) is 72.8 Å². The molecule has 3 N–H and O–H groups in total. The van der Waals surface area contributed by atoms with Crippen molar-refractivity contribution in [3.63, 3.8) is 0 Å². The average Bonchev–Trinajstić information content (AvgIpc) is 3.12. The summed E-state index contributed by atoms with van der Waals surface area (Å²) in [5.41, 5.74) is 10.6. The molecule has 0 aliphatic rings. The molecule has 0 bridgehead atoms. The minimum atomic E-state index is -0.315. The quantitative estimate of drug-likeness (QED) is 0.397. The van der Waals surface area contributed by atoms with Crippen LogP contribution in [0.5, 0.6) is 0 Å². The number of nitrogen functional groups attached to an aromatic ring is 1. The van der Waals surface area contributed by atoms with Gasteiger partial charge >= 0.3 is 0 Å². The number of benzene rings is 2. The first kappa shape index (κ1) is 20.3. The number of nitrogens with zero attached hydrogens (tertiary/aromatic N) is 5. The van der Waals surface area contributed by atoms with E-state index < -0.39 is 0 Å². The number of fused-ring (bicyclic) bond motifs is 2. The molecule has 162 valence electrons. The molecule has 0 saturated carbocycles. The molecule has 3 heterocycles. The lowest BCUT2D eigenvalue weighted by atomic mass is 10.1. The summed E-state index contributed by atoms with van der Waals surface area (Å²) in [6, 6.07) is 22.9. The summed E-state index contributed by atoms with van der Waals surface area (Å²) in [5, 5.41) is 7.41. The second kappa shape index (κ2) is 8.88. The number of nitrogens with one attached hydrogen (secondary N) is 1. The molecule has 0 aliphatic heterocycles. The van der Waals surface area contributed by atoms with Gasteiger partial charge in [-0.05, 0) is 36.2 Å². The standard InChI is InChI=1S/C25H21N7O/c26-23-21(25(33)28-15-13-17-8-2-1-3-9-17)22-24(31-20-12-5-4-11-19(20)30-22)32(23)29-16-18-10-6-7-14-27-18/h1-12,14,16H,13,15,26H2,(H,28,33)/b29-16-. The third-order valence-corrected chi connectivity index (χ3v) is 5.24. The van der Waals surface area contributed by atoms with Crippen LogP contribution < -0.4 is 11.1 Å². The van der Waals surface area contributed by atoms with Gasteiger partial charge in [-0.3, -0.25) is 9.78 Å². The third-order valence-electron chi connectivity index (χ3n) is 5.24. The topological polar surface area (TPSA) is 111 Å². The Morgan fingerprint density at radius 2 is 1.70 bits per heavy atom. The number of carbonyl (C=O) groups is 1. The number of aromatic nitrogens is 4. The Labute approximate surface area is 189 Å². The highest BCUT2D eigenvalue weighted by molar-refractivity contribution is 6.10. The smallest absolute Gasteiger partial charge is 0.257 e. The largest absolute Gasteiger partial charge is 0.383 e. The summed E-state index contributed by atoms with van der Waals surface area (Å²) in [6.07, 6.45) is 3.96. The fourth-order valence-corrected chi connectivity index (χ4v) is 3.61. The van der Waals surface area contributed by atoms with Gasteiger partial charge in [0, 0.05) is 12.7 Å². The Morgan fingerprint density at radius 3 is 2.45 bits per heavy atom. The zero-order valence-corrected chi connectivity index (χ0v) is 17.7. The maximum atomic E-state index is 13.2. The fraction of sp³-hybridized carbons (Fsp3) is 0.0800. The van der Waals surface area contributed by atoms with Crippen molar-refractivity contribution in [1.82, 2.24) is 24.9 Å². The van der Waals surface area contributed by atoms with Crippen molar-refractivity contribution in [3.8, 4) is 0 Å². The van der Waals surface area contributed by atoms with Gasteiger partial charge in [0.15, 0.2) is 5.65 Å². The van der Waals surface area contributed by atoms with Gasteiger partial charge in [-0.1, -0.05) is 48.5 Å². The monoisotopic (exact) mass is 435 g/mol. The third kappa shape index (κ3) is 4.14. The van der Waals surface area contributed by atoms with Crippen LogP contribution >= 0.6 is 0 Å². The molecule has 3 aromatic heterocycles. The van der Waals surface area contributed by atoms with Crippen molar-refractivity contribution in [3.05, 3.63) is 95.8 Å². The number of pyridine rings is 1. The maximum Gasteiger partial charge on any atom is 0.257 e. The van der Waals surface area contributed by atoms with Crippen molar-refractivity contribution < 1.29 is 4.79 Å². The van der Waals surface area contributed by atoms with Crippen molar-refractivity contribution in [1.29, 1.82) is 0 Å². The molecule has 8 nitrogen and oxygen atoms in total. The molecule has 0 radical (unpaired) electrons. The summed E-state index contributed by atoms with van der Waals surface area (Å²) in [4.78, 5) is 26.8. The van der Waals surface area contributed by atoms with Gasteiger partial charge in [0.25, 0.3) is 5.91 Å². The van der Waals surface area contributed by atoms with Crippen LogP contribution in [-0.2, 0) is 6.42 Å². The highest BCUT2D eigenvalue weighted by Crippen LogP contribution is 2.27. The molecule has 2 aromatic carbocycles. The van der Waals surface area contributed by atoms with E-state index in [2.05, 4.69) is 25.4 Å². The number of hydrogen-bond donors (Lipinski definition) is 2. The molecule has 0 unspecified atom stereocenters. The number of amides is 1. The average molecular weight is 435 g/mol. The number of rotatable bonds is 6. The summed E-state index contributed by atoms with van der Waals surface area (Å²) < 4.78 is 1.44. The van der Waals surface area contributed by atoms with E-state index in [0.29, 0.717) is 40.9 Å². The highest BCUT2D eigenvalue weighted by atomic mass is 16.1. The predicted molar refractivity (Wildman–Crippen MR) is 129 cm³/mol. The summed E-state index contributed by atoms with van der Waals surface area (Å²) in [5.74, 6) is -0.144. The van der Waals surface area contributed by atoms with E-state index >= 15 is 0 Å². The van der Waals surface area contributed by atoms with Gasteiger partial charge in [-0.15, -0.1) is 0 Å². The number of para-hydroxylation sites is 2. The Kier molecular flexibility index (Phi) is 5.47. The Balaban J connectivity index is 1.54. The molecule has 1 amide bonds. The Bertz CT molecular complexity index is 1460. The van der Waals surface area contributed by atoms with E-state index in [1.165, 1.54) is 4.68 Å². The lowest BCUT2D eigenvalue weighted by Gasteiger charge is -2.05. The van der Waals surface area contributed by atoms with Crippen LogP contribution in [-0.4, -0.2) is 38.3 Å². The fourth-order valence-electron chi connectivity index (χ4n) is 3.61. The van der Waals surface area contributed by atoms with E-state index in [4.69, 9.17) is 5.73 Å². The molecular formula is C25H21N7O. The van der Waals surface area contributed by atoms with Gasteiger partial charge < -0.3 is 11.1 Å². The number of carbonyl (C=O) groups excluding carboxylic acids is 1. The normalized spacial score (nSPS) is 11.4. The van der Waals surface area contributed by atoms with Gasteiger partial charge in [0.05, 0.1) is 22.9 Å². The van der Waals surface area contributed by atoms with Gasteiger partial charge in [0.2, 0.25) is 0 Å². The van der Waals surface area contributed by atoms with Gasteiger partial charge in [-0.25, -0.2) is 9.97 Å². The molecule has 5 aromatic rings. The predicted octanol–water partition coefficient (Wildman–Crippen LogP) is 3.42. The van der Waals surface area contributed by atoms with Crippen LogP contribution in [0, 0.1) is 0 Å². The van der Waals surface area contributed by atoms with Crippen LogP contribution in [0.25, 0.3) is 22.2 Å². The van der Waals surface area contributed by atoms with Crippen molar-refractivity contribution in [2.75, 3.05) is 12.3 Å². The molecule has 8 heteroatoms. The zero-order valence-electron chi connectivity index (χ0n) is 17.7. The number of nitrogens with two attached hydrogens (primary N) is 1. The molecule has 33 heavy (non-hydrogen) atoms. The Morgan fingerprint density at radius 1 is 0.970 bits per heavy atom. The van der Waals surface area contributed by atoms with Crippen LogP contribution in [0.1, 0.15) is 21.6 Å². The van der Waals surface area contributed by atoms with E-state index in [0.717, 1.165) is 5.56 Å². The maximum absolute atomic E-state index is 13.2. The van der Waals surface area contributed by atoms with Crippen LogP contribution in [0.15, 0.2) is 84.1 Å². The second-order valence-corrected chi connectivity index (χ2v) is 7.45. The first-order valence-electron chi connectivity index (χ1n) is 10.5. The van der Waals surface area contributed by atoms with Gasteiger partial charge in [-0.2, -0.15) is 9.78 Å². The van der Waals surface area contributed by atoms with Gasteiger partial charge in [0.1, 0.15) is 16.9 Å². The van der Waals surface area contributed by atoms with E-state index in [9.17, 15) is 4.79 Å². The SMILES string of the molecule is Nc1c(C(=O)NCCc2ccccc2)c2nc3ccccc3nc2n1/N=C\c1ccccn1. The zero-order chi connectivity index (χ0) is 22.6. The molecule has 5 rings (SSSR count). The first-order chi connectivity index (χ1) is 16.2. The number of hydrogen-bond acceptors (Lipinski definition) is 6. The van der Waals surface area contributed by atoms with Crippen LogP contribution in [0.3, 0.4) is 0 Å². The molecule has 0 saturated heterocycles. The first-order valence-corrected chi connectivity index (χ1v) is 10.5. The minimum absolute atomic E-state index is 0.171. The van der Waals surface area contributed by atoms with Crippen molar-refractivity contribution in [2.45, 2.75) is 6.42 Å². The highest BCUT2D eigenvalue weighted by Gasteiger charge is 2.23. The molecule has 0 atom stereocenters. The number of anilines is 1. The summed E-state index contributed by atoms with van der Waals surface area (Å²) in [7, 11) is 0. The summed E-state index contributed by atoms with van der Waals surface area (Å²) in [6.45, 7) is 0.465. The minimum Gasteiger partial charge on any atom is -0.383 e. The molecular weight excluding hydrogens is 414 g/mol. The second-order valence-electron chi connectivity index (χ2n) is 7.45. The van der Waals surface area contributed by atoms with Crippen molar-refractivity contribution >= 4 is 40.1 Å². The molecule has 0 spiro atoms. The summed E-state index contributed by atoms with van der Waals surface area (Å²) >= 11 is 0. The van der Waals surface area contributed by atoms with Crippen LogP contribution in [0.2, 0.25) is 0 Å². The van der Waals surface area contributed by atoms with Crippen LogP contribution in [0.4, 0.5) is 5.82 Å². The van der Waals surface area contributed by atoms with E-state index in [1.54, 1.807) is 12.4 Å². The van der Waals surface area contributed by atoms with E-state index in [-0.39, 0.29) is 17.3 Å². The lowest BCUT2D eigenvalue weighted by molar-refractivity contribution is 0.0956. The molecule has 0 fully saturated rings.